The van der Waals surface area contributed by atoms with Gasteiger partial charge in [0.05, 0.1) is 22.9 Å². The van der Waals surface area contributed by atoms with Gasteiger partial charge in [0.2, 0.25) is 0 Å². The molecule has 0 aliphatic rings. The maximum Gasteiger partial charge on any atom is 0.100 e. The van der Waals surface area contributed by atoms with Crippen LogP contribution in [0.5, 0.6) is 0 Å². The van der Waals surface area contributed by atoms with Gasteiger partial charge in [-0.1, -0.05) is 30.7 Å². The van der Waals surface area contributed by atoms with E-state index < -0.39 is 0 Å². The first-order valence-corrected chi connectivity index (χ1v) is 6.79. The molecule has 0 bridgehead atoms. The summed E-state index contributed by atoms with van der Waals surface area (Å²) in [6, 6.07) is 5.48. The van der Waals surface area contributed by atoms with Crippen molar-refractivity contribution in [3.8, 4) is 5.69 Å². The third-order valence-corrected chi connectivity index (χ3v) is 3.95. The van der Waals surface area contributed by atoms with E-state index in [1.807, 2.05) is 24.4 Å². The Morgan fingerprint density at radius 1 is 1.39 bits per heavy atom. The van der Waals surface area contributed by atoms with Gasteiger partial charge in [-0.25, -0.2) is 4.68 Å². The van der Waals surface area contributed by atoms with Crippen LogP contribution in [0.25, 0.3) is 5.69 Å². The minimum absolute atomic E-state index is 0.102. The molecule has 0 aliphatic carbocycles. The Morgan fingerprint density at radius 2 is 2.11 bits per heavy atom. The van der Waals surface area contributed by atoms with Crippen LogP contribution in [0.15, 0.2) is 28.9 Å². The summed E-state index contributed by atoms with van der Waals surface area (Å²) < 4.78 is 2.52. The van der Waals surface area contributed by atoms with Crippen LogP contribution >= 0.6 is 27.5 Å². The van der Waals surface area contributed by atoms with Gasteiger partial charge in [-0.15, -0.1) is 5.10 Å². The standard InChI is InChI=1S/C12H14BrClN4/c1-7(2)12(15)11-6-18(17-16-11)8-3-4-10(14)9(13)5-8/h3-7,12H,15H2,1-2H3. The van der Waals surface area contributed by atoms with Crippen LogP contribution in [-0.4, -0.2) is 15.0 Å². The average Bonchev–Trinajstić information content (AvgIpc) is 2.81. The third-order valence-electron chi connectivity index (χ3n) is 2.74. The first kappa shape index (κ1) is 13.5. The molecule has 4 nitrogen and oxygen atoms in total. The molecule has 0 saturated carbocycles. The summed E-state index contributed by atoms with van der Waals surface area (Å²) >= 11 is 9.34. The van der Waals surface area contributed by atoms with E-state index >= 15 is 0 Å². The van der Waals surface area contributed by atoms with Crippen molar-refractivity contribution in [2.45, 2.75) is 19.9 Å². The zero-order valence-corrected chi connectivity index (χ0v) is 12.5. The van der Waals surface area contributed by atoms with Crippen LogP contribution in [0.1, 0.15) is 25.6 Å². The third kappa shape index (κ3) is 2.74. The first-order valence-electron chi connectivity index (χ1n) is 5.62. The van der Waals surface area contributed by atoms with Crippen LogP contribution in [0.3, 0.4) is 0 Å². The molecule has 96 valence electrons. The number of nitrogens with zero attached hydrogens (tertiary/aromatic N) is 3. The smallest absolute Gasteiger partial charge is 0.100 e. The van der Waals surface area contributed by atoms with Crippen molar-refractivity contribution < 1.29 is 0 Å². The Hall–Kier alpha value is -0.910. The Bertz CT molecular complexity index is 553. The molecule has 1 aromatic heterocycles. The quantitative estimate of drug-likeness (QED) is 0.939. The predicted octanol–water partition coefficient (Wildman–Crippen LogP) is 3.34. The van der Waals surface area contributed by atoms with E-state index in [2.05, 4.69) is 40.1 Å². The number of hydrogen-bond donors (Lipinski definition) is 1. The highest BCUT2D eigenvalue weighted by Gasteiger charge is 2.15. The molecule has 2 N–H and O–H groups in total. The number of benzene rings is 1. The van der Waals surface area contributed by atoms with Crippen LogP contribution in [0, 0.1) is 5.92 Å². The summed E-state index contributed by atoms with van der Waals surface area (Å²) in [5, 5.41) is 8.85. The van der Waals surface area contributed by atoms with Gasteiger partial charge in [0, 0.05) is 4.47 Å². The minimum Gasteiger partial charge on any atom is -0.322 e. The molecule has 0 aliphatic heterocycles. The lowest BCUT2D eigenvalue weighted by Gasteiger charge is -2.11. The fourth-order valence-corrected chi connectivity index (χ4v) is 2.01. The largest absolute Gasteiger partial charge is 0.322 e. The summed E-state index contributed by atoms with van der Waals surface area (Å²) in [4.78, 5) is 0. The lowest BCUT2D eigenvalue weighted by atomic mass is 10.0. The van der Waals surface area contributed by atoms with Gasteiger partial charge in [0.15, 0.2) is 0 Å². The Morgan fingerprint density at radius 3 is 2.72 bits per heavy atom. The van der Waals surface area contributed by atoms with E-state index in [0.717, 1.165) is 15.9 Å². The number of halogens is 2. The molecule has 1 heterocycles. The maximum atomic E-state index is 6.04. The minimum atomic E-state index is -0.102. The lowest BCUT2D eigenvalue weighted by Crippen LogP contribution is -2.17. The summed E-state index contributed by atoms with van der Waals surface area (Å²) in [5.74, 6) is 0.326. The summed E-state index contributed by atoms with van der Waals surface area (Å²) in [5.41, 5.74) is 7.71. The number of aromatic nitrogens is 3. The molecule has 0 saturated heterocycles. The van der Waals surface area contributed by atoms with Crippen LogP contribution in [0.2, 0.25) is 5.02 Å². The number of hydrogen-bond acceptors (Lipinski definition) is 3. The van der Waals surface area contributed by atoms with Crippen LogP contribution in [0.4, 0.5) is 0 Å². The highest BCUT2D eigenvalue weighted by atomic mass is 79.9. The molecule has 0 amide bonds. The topological polar surface area (TPSA) is 56.7 Å². The fraction of sp³-hybridized carbons (Fsp3) is 0.333. The number of rotatable bonds is 3. The van der Waals surface area contributed by atoms with E-state index in [-0.39, 0.29) is 6.04 Å². The highest BCUT2D eigenvalue weighted by molar-refractivity contribution is 9.10. The fourth-order valence-electron chi connectivity index (χ4n) is 1.52. The zero-order chi connectivity index (χ0) is 13.3. The summed E-state index contributed by atoms with van der Waals surface area (Å²) in [6.07, 6.45) is 1.85. The number of nitrogens with two attached hydrogens (primary N) is 1. The molecule has 6 heteroatoms. The molecular formula is C12H14BrClN4. The van der Waals surface area contributed by atoms with Crippen LogP contribution < -0.4 is 5.73 Å². The molecule has 18 heavy (non-hydrogen) atoms. The van der Waals surface area contributed by atoms with Crippen molar-refractivity contribution in [3.63, 3.8) is 0 Å². The molecule has 0 fully saturated rings. The first-order chi connectivity index (χ1) is 8.49. The summed E-state index contributed by atoms with van der Waals surface area (Å²) in [6.45, 7) is 4.12. The van der Waals surface area contributed by atoms with Gasteiger partial charge >= 0.3 is 0 Å². The molecule has 1 atom stereocenters. The monoisotopic (exact) mass is 328 g/mol. The predicted molar refractivity (Wildman–Crippen MR) is 75.8 cm³/mol. The highest BCUT2D eigenvalue weighted by Crippen LogP contribution is 2.25. The Balaban J connectivity index is 2.32. The van der Waals surface area contributed by atoms with Gasteiger partial charge in [0.1, 0.15) is 5.69 Å². The van der Waals surface area contributed by atoms with Gasteiger partial charge < -0.3 is 5.73 Å². The molecule has 0 radical (unpaired) electrons. The van der Waals surface area contributed by atoms with Crippen molar-refractivity contribution in [2.75, 3.05) is 0 Å². The van der Waals surface area contributed by atoms with E-state index in [4.69, 9.17) is 17.3 Å². The second kappa shape index (κ2) is 5.38. The zero-order valence-electron chi connectivity index (χ0n) is 10.1. The lowest BCUT2D eigenvalue weighted by molar-refractivity contribution is 0.502. The molecule has 1 aromatic carbocycles. The van der Waals surface area contributed by atoms with Crippen molar-refractivity contribution in [1.29, 1.82) is 0 Å². The van der Waals surface area contributed by atoms with Gasteiger partial charge in [-0.05, 0) is 40.0 Å². The van der Waals surface area contributed by atoms with Gasteiger partial charge in [-0.2, -0.15) is 0 Å². The average molecular weight is 330 g/mol. The maximum absolute atomic E-state index is 6.04. The molecule has 1 unspecified atom stereocenters. The van der Waals surface area contributed by atoms with Gasteiger partial charge in [0.25, 0.3) is 0 Å². The Labute approximate surface area is 119 Å². The van der Waals surface area contributed by atoms with Crippen molar-refractivity contribution >= 4 is 27.5 Å². The van der Waals surface area contributed by atoms with Crippen molar-refractivity contribution in [1.82, 2.24) is 15.0 Å². The molecule has 2 rings (SSSR count). The second-order valence-electron chi connectivity index (χ2n) is 4.46. The van der Waals surface area contributed by atoms with Gasteiger partial charge in [-0.3, -0.25) is 0 Å². The van der Waals surface area contributed by atoms with E-state index in [9.17, 15) is 0 Å². The summed E-state index contributed by atoms with van der Waals surface area (Å²) in [7, 11) is 0. The second-order valence-corrected chi connectivity index (χ2v) is 5.72. The van der Waals surface area contributed by atoms with E-state index in [0.29, 0.717) is 10.9 Å². The molecular weight excluding hydrogens is 316 g/mol. The van der Waals surface area contributed by atoms with E-state index in [1.165, 1.54) is 0 Å². The molecule has 2 aromatic rings. The van der Waals surface area contributed by atoms with Crippen molar-refractivity contribution in [2.24, 2.45) is 11.7 Å². The van der Waals surface area contributed by atoms with Crippen LogP contribution in [-0.2, 0) is 0 Å². The molecule has 0 spiro atoms. The van der Waals surface area contributed by atoms with E-state index in [1.54, 1.807) is 4.68 Å². The SMILES string of the molecule is CC(C)C(N)c1cn(-c2ccc(Cl)c(Br)c2)nn1. The Kier molecular flexibility index (Phi) is 4.04. The van der Waals surface area contributed by atoms with Crippen molar-refractivity contribution in [3.05, 3.63) is 39.6 Å². The normalized spacial score (nSPS) is 13.0.